The molecule has 0 radical (unpaired) electrons. The van der Waals surface area contributed by atoms with E-state index in [1.54, 1.807) is 7.11 Å². The van der Waals surface area contributed by atoms with Gasteiger partial charge in [-0.05, 0) is 31.1 Å². The molecule has 0 N–H and O–H groups in total. The number of hydrogen-bond acceptors (Lipinski definition) is 3. The Morgan fingerprint density at radius 3 is 3.00 bits per heavy atom. The predicted octanol–water partition coefficient (Wildman–Crippen LogP) is 2.17. The lowest BCUT2D eigenvalue weighted by Gasteiger charge is -2.26. The first-order valence-electron chi connectivity index (χ1n) is 6.15. The zero-order valence-electron chi connectivity index (χ0n) is 9.85. The first-order chi connectivity index (χ1) is 7.81. The maximum Gasteiger partial charge on any atom is 0.309 e. The summed E-state index contributed by atoms with van der Waals surface area (Å²) in [4.78, 5) is 11.9. The fourth-order valence-electron chi connectivity index (χ4n) is 2.74. The lowest BCUT2D eigenvalue weighted by Crippen LogP contribution is -2.28. The molecule has 0 aromatic heterocycles. The Morgan fingerprint density at radius 1 is 1.31 bits per heavy atom. The SMILES string of the molecule is COCCOC(=O)[C@H]1C[C@H]2C=C[C@@H]1CCC2. The van der Waals surface area contributed by atoms with E-state index in [-0.39, 0.29) is 11.9 Å². The molecule has 3 heteroatoms. The third-order valence-electron chi connectivity index (χ3n) is 3.65. The maximum absolute atomic E-state index is 11.9. The Hall–Kier alpha value is -0.830. The van der Waals surface area contributed by atoms with Gasteiger partial charge in [-0.2, -0.15) is 0 Å². The van der Waals surface area contributed by atoms with Crippen LogP contribution in [0.2, 0.25) is 0 Å². The molecule has 3 aliphatic carbocycles. The molecule has 1 fully saturated rings. The van der Waals surface area contributed by atoms with Crippen LogP contribution in [0, 0.1) is 17.8 Å². The molecule has 0 saturated heterocycles. The van der Waals surface area contributed by atoms with Crippen LogP contribution < -0.4 is 0 Å². The van der Waals surface area contributed by atoms with E-state index in [9.17, 15) is 4.79 Å². The number of allylic oxidation sites excluding steroid dienone is 2. The zero-order valence-corrected chi connectivity index (χ0v) is 9.85. The van der Waals surface area contributed by atoms with Crippen molar-refractivity contribution in [3.05, 3.63) is 12.2 Å². The van der Waals surface area contributed by atoms with Crippen molar-refractivity contribution in [2.45, 2.75) is 25.7 Å². The molecule has 3 nitrogen and oxygen atoms in total. The molecular formula is C13H20O3. The van der Waals surface area contributed by atoms with Gasteiger partial charge in [0.05, 0.1) is 12.5 Å². The largest absolute Gasteiger partial charge is 0.463 e. The van der Waals surface area contributed by atoms with Gasteiger partial charge in [-0.1, -0.05) is 18.6 Å². The number of carbonyl (C=O) groups excluding carboxylic acids is 1. The van der Waals surface area contributed by atoms with Gasteiger partial charge in [0, 0.05) is 7.11 Å². The van der Waals surface area contributed by atoms with Crippen LogP contribution in [0.3, 0.4) is 0 Å². The minimum atomic E-state index is -0.0294. The van der Waals surface area contributed by atoms with E-state index in [2.05, 4.69) is 12.2 Å². The minimum absolute atomic E-state index is 0.0294. The average Bonchev–Trinajstić information content (AvgIpc) is 2.63. The van der Waals surface area contributed by atoms with Gasteiger partial charge < -0.3 is 9.47 Å². The quantitative estimate of drug-likeness (QED) is 0.417. The predicted molar refractivity (Wildman–Crippen MR) is 60.9 cm³/mol. The highest BCUT2D eigenvalue weighted by molar-refractivity contribution is 5.73. The van der Waals surface area contributed by atoms with E-state index in [1.807, 2.05) is 0 Å². The van der Waals surface area contributed by atoms with Crippen LogP contribution in [0.5, 0.6) is 0 Å². The van der Waals surface area contributed by atoms with Gasteiger partial charge in [0.25, 0.3) is 0 Å². The van der Waals surface area contributed by atoms with Crippen molar-refractivity contribution in [3.8, 4) is 0 Å². The number of fused-ring (bicyclic) bond motifs is 3. The molecule has 0 heterocycles. The molecule has 3 rings (SSSR count). The molecule has 2 bridgehead atoms. The smallest absolute Gasteiger partial charge is 0.309 e. The van der Waals surface area contributed by atoms with Crippen LogP contribution in [0.4, 0.5) is 0 Å². The van der Waals surface area contributed by atoms with Gasteiger partial charge in [0.2, 0.25) is 0 Å². The number of rotatable bonds is 4. The summed E-state index contributed by atoms with van der Waals surface area (Å²) in [7, 11) is 1.62. The van der Waals surface area contributed by atoms with Gasteiger partial charge in [0.15, 0.2) is 0 Å². The van der Waals surface area contributed by atoms with Crippen molar-refractivity contribution in [3.63, 3.8) is 0 Å². The summed E-state index contributed by atoms with van der Waals surface area (Å²) in [5, 5.41) is 0. The van der Waals surface area contributed by atoms with Gasteiger partial charge in [-0.25, -0.2) is 0 Å². The summed E-state index contributed by atoms with van der Waals surface area (Å²) in [5.41, 5.74) is 0. The highest BCUT2D eigenvalue weighted by Crippen LogP contribution is 2.38. The third-order valence-corrected chi connectivity index (χ3v) is 3.65. The Balaban J connectivity index is 1.89. The van der Waals surface area contributed by atoms with Crippen molar-refractivity contribution in [2.24, 2.45) is 17.8 Å². The molecule has 0 amide bonds. The van der Waals surface area contributed by atoms with Gasteiger partial charge >= 0.3 is 5.97 Å². The molecule has 90 valence electrons. The summed E-state index contributed by atoms with van der Waals surface area (Å²) in [6, 6.07) is 0. The van der Waals surface area contributed by atoms with Crippen LogP contribution in [-0.2, 0) is 14.3 Å². The molecular weight excluding hydrogens is 204 g/mol. The number of ether oxygens (including phenoxy) is 2. The van der Waals surface area contributed by atoms with E-state index < -0.39 is 0 Å². The van der Waals surface area contributed by atoms with E-state index in [1.165, 1.54) is 12.8 Å². The van der Waals surface area contributed by atoms with E-state index >= 15 is 0 Å². The van der Waals surface area contributed by atoms with Crippen molar-refractivity contribution >= 4 is 5.97 Å². The van der Waals surface area contributed by atoms with Gasteiger partial charge in [0.1, 0.15) is 6.61 Å². The number of esters is 1. The van der Waals surface area contributed by atoms with Crippen molar-refractivity contribution in [1.82, 2.24) is 0 Å². The zero-order chi connectivity index (χ0) is 11.4. The lowest BCUT2D eigenvalue weighted by molar-refractivity contribution is -0.151. The number of methoxy groups -OCH3 is 1. The van der Waals surface area contributed by atoms with E-state index in [0.717, 1.165) is 12.8 Å². The van der Waals surface area contributed by atoms with Crippen molar-refractivity contribution < 1.29 is 14.3 Å². The van der Waals surface area contributed by atoms with Crippen LogP contribution in [0.1, 0.15) is 25.7 Å². The topological polar surface area (TPSA) is 35.5 Å². The van der Waals surface area contributed by atoms with Crippen molar-refractivity contribution in [1.29, 1.82) is 0 Å². The summed E-state index contributed by atoms with van der Waals surface area (Å²) < 4.78 is 10.1. The molecule has 3 atom stereocenters. The highest BCUT2D eigenvalue weighted by atomic mass is 16.6. The summed E-state index contributed by atoms with van der Waals surface area (Å²) in [6.45, 7) is 0.870. The Kier molecular flexibility index (Phi) is 3.99. The van der Waals surface area contributed by atoms with Crippen LogP contribution >= 0.6 is 0 Å². The molecule has 0 aromatic carbocycles. The fourth-order valence-corrected chi connectivity index (χ4v) is 2.74. The lowest BCUT2D eigenvalue weighted by atomic mass is 9.80. The van der Waals surface area contributed by atoms with Crippen LogP contribution in [0.25, 0.3) is 0 Å². The Morgan fingerprint density at radius 2 is 2.19 bits per heavy atom. The van der Waals surface area contributed by atoms with E-state index in [4.69, 9.17) is 9.47 Å². The molecule has 16 heavy (non-hydrogen) atoms. The Bertz CT molecular complexity index is 272. The van der Waals surface area contributed by atoms with Crippen LogP contribution in [-0.4, -0.2) is 26.3 Å². The second-order valence-electron chi connectivity index (χ2n) is 4.74. The normalized spacial score (nSPS) is 32.4. The average molecular weight is 224 g/mol. The molecule has 0 aromatic rings. The third kappa shape index (κ3) is 2.64. The van der Waals surface area contributed by atoms with Gasteiger partial charge in [-0.3, -0.25) is 4.79 Å². The Labute approximate surface area is 96.8 Å². The van der Waals surface area contributed by atoms with Crippen LogP contribution in [0.15, 0.2) is 12.2 Å². The first kappa shape index (κ1) is 11.6. The monoisotopic (exact) mass is 224 g/mol. The molecule has 0 spiro atoms. The summed E-state index contributed by atoms with van der Waals surface area (Å²) >= 11 is 0. The second kappa shape index (κ2) is 5.48. The second-order valence-corrected chi connectivity index (χ2v) is 4.74. The highest BCUT2D eigenvalue weighted by Gasteiger charge is 2.35. The number of hydrogen-bond donors (Lipinski definition) is 0. The van der Waals surface area contributed by atoms with Crippen molar-refractivity contribution in [2.75, 3.05) is 20.3 Å². The molecule has 3 aliphatic rings. The number of carbonyl (C=O) groups is 1. The summed E-state index contributed by atoms with van der Waals surface area (Å²) in [5.74, 6) is 1.07. The molecule has 1 saturated carbocycles. The first-order valence-corrected chi connectivity index (χ1v) is 6.15. The fraction of sp³-hybridized carbons (Fsp3) is 0.769. The maximum atomic E-state index is 11.9. The standard InChI is InChI=1S/C13H20O3/c1-15-7-8-16-13(14)12-9-10-3-2-4-11(12)6-5-10/h5-6,10-12H,2-4,7-9H2,1H3/t10-,11+,12+/m1/s1. The molecule has 0 aliphatic heterocycles. The molecule has 0 unspecified atom stereocenters. The summed E-state index contributed by atoms with van der Waals surface area (Å²) in [6.07, 6.45) is 9.10. The van der Waals surface area contributed by atoms with E-state index in [0.29, 0.717) is 25.0 Å². The minimum Gasteiger partial charge on any atom is -0.463 e. The van der Waals surface area contributed by atoms with Gasteiger partial charge in [-0.15, -0.1) is 0 Å².